The van der Waals surface area contributed by atoms with E-state index in [-0.39, 0.29) is 30.4 Å². The van der Waals surface area contributed by atoms with Gasteiger partial charge < -0.3 is 10.2 Å². The predicted octanol–water partition coefficient (Wildman–Crippen LogP) is -0.279. The Kier molecular flexibility index (Phi) is 4.73. The van der Waals surface area contributed by atoms with Gasteiger partial charge in [-0.05, 0) is 19.8 Å². The summed E-state index contributed by atoms with van der Waals surface area (Å²) in [5.74, 6) is 0.0352. The van der Waals surface area contributed by atoms with Crippen LogP contribution in [0.1, 0.15) is 26.7 Å². The summed E-state index contributed by atoms with van der Waals surface area (Å²) < 4.78 is 0. The van der Waals surface area contributed by atoms with Gasteiger partial charge in [0.25, 0.3) is 0 Å². The van der Waals surface area contributed by atoms with Crippen LogP contribution >= 0.6 is 0 Å². The Bertz CT molecular complexity index is 268. The van der Waals surface area contributed by atoms with Crippen molar-refractivity contribution in [1.82, 2.24) is 15.5 Å². The van der Waals surface area contributed by atoms with E-state index in [4.69, 9.17) is 0 Å². The van der Waals surface area contributed by atoms with Crippen LogP contribution in [0.5, 0.6) is 0 Å². The number of carbonyl (C=O) groups is 2. The number of amides is 2. The molecule has 5 nitrogen and oxygen atoms in total. The monoisotopic (exact) mass is 227 g/mol. The highest BCUT2D eigenvalue weighted by atomic mass is 16.2. The van der Waals surface area contributed by atoms with Gasteiger partial charge in [0.15, 0.2) is 0 Å². The van der Waals surface area contributed by atoms with E-state index in [1.807, 2.05) is 13.8 Å². The molecule has 1 saturated heterocycles. The molecule has 0 aromatic heterocycles. The zero-order valence-corrected chi connectivity index (χ0v) is 10.2. The Morgan fingerprint density at radius 1 is 1.62 bits per heavy atom. The third-order valence-corrected chi connectivity index (χ3v) is 2.96. The maximum absolute atomic E-state index is 11.5. The summed E-state index contributed by atoms with van der Waals surface area (Å²) >= 11 is 0. The van der Waals surface area contributed by atoms with E-state index < -0.39 is 0 Å². The summed E-state index contributed by atoms with van der Waals surface area (Å²) in [5, 5.41) is 5.84. The molecule has 0 aromatic carbocycles. The first-order valence-corrected chi connectivity index (χ1v) is 5.82. The van der Waals surface area contributed by atoms with Crippen LogP contribution in [-0.2, 0) is 9.59 Å². The van der Waals surface area contributed by atoms with E-state index in [1.165, 1.54) is 0 Å². The lowest BCUT2D eigenvalue weighted by Gasteiger charge is -2.14. The first kappa shape index (κ1) is 13.0. The van der Waals surface area contributed by atoms with Crippen molar-refractivity contribution in [2.75, 3.05) is 20.1 Å². The normalized spacial score (nSPS) is 22.3. The topological polar surface area (TPSA) is 61.4 Å². The lowest BCUT2D eigenvalue weighted by atomic mass is 10.2. The molecule has 92 valence electrons. The van der Waals surface area contributed by atoms with Crippen molar-refractivity contribution in [1.29, 1.82) is 0 Å². The van der Waals surface area contributed by atoms with Crippen molar-refractivity contribution >= 4 is 11.8 Å². The number of hydrogen-bond donors (Lipinski definition) is 2. The maximum atomic E-state index is 11.5. The van der Waals surface area contributed by atoms with Gasteiger partial charge in [-0.3, -0.25) is 14.9 Å². The fraction of sp³-hybridized carbons (Fsp3) is 0.818. The van der Waals surface area contributed by atoms with Crippen LogP contribution in [-0.4, -0.2) is 48.9 Å². The summed E-state index contributed by atoms with van der Waals surface area (Å²) in [6, 6.07) is 0.00364. The van der Waals surface area contributed by atoms with Crippen molar-refractivity contribution in [3.63, 3.8) is 0 Å². The van der Waals surface area contributed by atoms with Crippen LogP contribution in [0, 0.1) is 0 Å². The number of nitrogens with one attached hydrogen (secondary N) is 2. The van der Waals surface area contributed by atoms with Gasteiger partial charge in [0.2, 0.25) is 11.8 Å². The Morgan fingerprint density at radius 2 is 2.31 bits per heavy atom. The van der Waals surface area contributed by atoms with E-state index in [2.05, 4.69) is 10.6 Å². The van der Waals surface area contributed by atoms with Crippen LogP contribution in [0.25, 0.3) is 0 Å². The first-order valence-electron chi connectivity index (χ1n) is 5.82. The average Bonchev–Trinajstić information content (AvgIpc) is 2.57. The number of carbonyl (C=O) groups excluding carboxylic acids is 2. The lowest BCUT2D eigenvalue weighted by molar-refractivity contribution is -0.128. The third-order valence-electron chi connectivity index (χ3n) is 2.96. The van der Waals surface area contributed by atoms with E-state index in [0.29, 0.717) is 0 Å². The van der Waals surface area contributed by atoms with Crippen molar-refractivity contribution < 1.29 is 9.59 Å². The summed E-state index contributed by atoms with van der Waals surface area (Å²) in [5.41, 5.74) is 0. The molecule has 1 aliphatic rings. The van der Waals surface area contributed by atoms with Crippen molar-refractivity contribution in [3.8, 4) is 0 Å². The van der Waals surface area contributed by atoms with Gasteiger partial charge in [-0.1, -0.05) is 6.92 Å². The molecule has 0 spiro atoms. The summed E-state index contributed by atoms with van der Waals surface area (Å²) in [6.07, 6.45) is 1.70. The van der Waals surface area contributed by atoms with Crippen LogP contribution in [0.15, 0.2) is 0 Å². The van der Waals surface area contributed by atoms with Crippen LogP contribution in [0.2, 0.25) is 0 Å². The zero-order chi connectivity index (χ0) is 12.1. The third kappa shape index (κ3) is 3.48. The number of nitrogens with zero attached hydrogens (tertiary/aromatic N) is 1. The highest BCUT2D eigenvalue weighted by molar-refractivity contribution is 5.85. The number of likely N-dealkylation sites (N-methyl/N-ethyl adjacent to an activating group) is 1. The lowest BCUT2D eigenvalue weighted by Crippen LogP contribution is -2.44. The summed E-state index contributed by atoms with van der Waals surface area (Å²) in [4.78, 5) is 24.7. The molecule has 2 amide bonds. The van der Waals surface area contributed by atoms with Crippen LogP contribution in [0.4, 0.5) is 0 Å². The van der Waals surface area contributed by atoms with E-state index >= 15 is 0 Å². The molecule has 0 aromatic rings. The first-order chi connectivity index (χ1) is 7.54. The Balaban J connectivity index is 2.24. The average molecular weight is 227 g/mol. The van der Waals surface area contributed by atoms with Crippen molar-refractivity contribution in [3.05, 3.63) is 0 Å². The van der Waals surface area contributed by atoms with Gasteiger partial charge in [-0.25, -0.2) is 0 Å². The number of hydrogen-bond acceptors (Lipinski definition) is 3. The number of likely N-dealkylation sites (tertiary alicyclic amines) is 1. The Hall–Kier alpha value is -1.10. The van der Waals surface area contributed by atoms with Gasteiger partial charge >= 0.3 is 0 Å². The largest absolute Gasteiger partial charge is 0.353 e. The molecular formula is C11H21N3O2. The quantitative estimate of drug-likeness (QED) is 0.679. The second-order valence-corrected chi connectivity index (χ2v) is 4.36. The smallest absolute Gasteiger partial charge is 0.239 e. The minimum absolute atomic E-state index is 0.0447. The molecule has 2 N–H and O–H groups in total. The van der Waals surface area contributed by atoms with Gasteiger partial charge in [0, 0.05) is 19.6 Å². The molecule has 1 fully saturated rings. The molecule has 2 atom stereocenters. The Morgan fingerprint density at radius 3 is 2.81 bits per heavy atom. The molecule has 16 heavy (non-hydrogen) atoms. The highest BCUT2D eigenvalue weighted by Crippen LogP contribution is 2.07. The molecule has 1 rings (SSSR count). The van der Waals surface area contributed by atoms with Crippen LogP contribution in [0.3, 0.4) is 0 Å². The maximum Gasteiger partial charge on any atom is 0.239 e. The van der Waals surface area contributed by atoms with Gasteiger partial charge in [-0.2, -0.15) is 0 Å². The molecular weight excluding hydrogens is 206 g/mol. The molecule has 1 aliphatic heterocycles. The molecule has 0 bridgehead atoms. The predicted molar refractivity (Wildman–Crippen MR) is 61.9 cm³/mol. The van der Waals surface area contributed by atoms with Gasteiger partial charge in [0.05, 0.1) is 12.6 Å². The van der Waals surface area contributed by atoms with E-state index in [1.54, 1.807) is 11.9 Å². The minimum Gasteiger partial charge on any atom is -0.353 e. The molecule has 0 saturated carbocycles. The highest BCUT2D eigenvalue weighted by Gasteiger charge is 2.28. The molecule has 1 heterocycles. The standard InChI is InChI=1S/C11H21N3O2/c1-4-8(2)13-10(15)7-12-9-5-6-14(3)11(9)16/h8-9,12H,4-7H2,1-3H3,(H,13,15). The van der Waals surface area contributed by atoms with Gasteiger partial charge in [0.1, 0.15) is 0 Å². The fourth-order valence-electron chi connectivity index (χ4n) is 1.66. The fourth-order valence-corrected chi connectivity index (χ4v) is 1.66. The number of rotatable bonds is 5. The molecule has 0 aliphatic carbocycles. The van der Waals surface area contributed by atoms with Crippen LogP contribution < -0.4 is 10.6 Å². The second-order valence-electron chi connectivity index (χ2n) is 4.36. The minimum atomic E-state index is -0.187. The van der Waals surface area contributed by atoms with Crippen molar-refractivity contribution in [2.45, 2.75) is 38.8 Å². The zero-order valence-electron chi connectivity index (χ0n) is 10.2. The van der Waals surface area contributed by atoms with Gasteiger partial charge in [-0.15, -0.1) is 0 Å². The summed E-state index contributed by atoms with van der Waals surface area (Å²) in [7, 11) is 1.78. The molecule has 0 radical (unpaired) electrons. The van der Waals surface area contributed by atoms with Crippen molar-refractivity contribution in [2.24, 2.45) is 0 Å². The molecule has 2 unspecified atom stereocenters. The SMILES string of the molecule is CCC(C)NC(=O)CNC1CCN(C)C1=O. The van der Waals surface area contributed by atoms with E-state index in [9.17, 15) is 9.59 Å². The van der Waals surface area contributed by atoms with E-state index in [0.717, 1.165) is 19.4 Å². The molecule has 5 heteroatoms. The Labute approximate surface area is 96.6 Å². The summed E-state index contributed by atoms with van der Waals surface area (Å²) in [6.45, 7) is 4.97. The second kappa shape index (κ2) is 5.84.